The van der Waals surface area contributed by atoms with Gasteiger partial charge in [0.1, 0.15) is 11.5 Å². The molecule has 2 amide bonds. The Bertz CT molecular complexity index is 1100. The highest BCUT2D eigenvalue weighted by Gasteiger charge is 2.10. The van der Waals surface area contributed by atoms with Crippen molar-refractivity contribution in [3.05, 3.63) is 82.6 Å². The molecule has 0 fully saturated rings. The maximum atomic E-state index is 12.0. The van der Waals surface area contributed by atoms with Gasteiger partial charge in [-0.2, -0.15) is 5.10 Å². The van der Waals surface area contributed by atoms with Crippen molar-refractivity contribution < 1.29 is 28.0 Å². The normalized spacial score (nSPS) is 11.0. The van der Waals surface area contributed by atoms with Crippen LogP contribution in [0.3, 0.4) is 0 Å². The molecule has 0 unspecified atom stereocenters. The Hall–Kier alpha value is -3.92. The lowest BCUT2D eigenvalue weighted by Crippen LogP contribution is -2.34. The molecule has 0 aliphatic heterocycles. The molecule has 0 bridgehead atoms. The molecule has 0 saturated heterocycles. The van der Waals surface area contributed by atoms with Crippen LogP contribution in [0.25, 0.3) is 6.08 Å². The molecule has 2 heterocycles. The van der Waals surface area contributed by atoms with Crippen LogP contribution in [-0.4, -0.2) is 30.5 Å². The van der Waals surface area contributed by atoms with Crippen LogP contribution in [0.1, 0.15) is 21.9 Å². The number of halogens is 1. The average molecular weight is 486 g/mol. The van der Waals surface area contributed by atoms with Gasteiger partial charge in [-0.25, -0.2) is 10.2 Å². The minimum absolute atomic E-state index is 0.0954. The van der Waals surface area contributed by atoms with Gasteiger partial charge >= 0.3 is 5.97 Å². The van der Waals surface area contributed by atoms with E-state index in [4.69, 9.17) is 13.6 Å². The van der Waals surface area contributed by atoms with Crippen molar-refractivity contribution in [2.45, 2.75) is 0 Å². The van der Waals surface area contributed by atoms with Crippen molar-refractivity contribution in [2.75, 3.05) is 6.54 Å². The van der Waals surface area contributed by atoms with Gasteiger partial charge in [0.15, 0.2) is 5.76 Å². The number of ether oxygens (including phenoxy) is 1. The second-order valence-electron chi connectivity index (χ2n) is 5.91. The summed E-state index contributed by atoms with van der Waals surface area (Å²) in [5, 5.41) is 6.23. The smallest absolute Gasteiger partial charge is 0.336 e. The summed E-state index contributed by atoms with van der Waals surface area (Å²) in [4.78, 5) is 35.6. The molecule has 31 heavy (non-hydrogen) atoms. The number of furan rings is 2. The molecule has 10 heteroatoms. The summed E-state index contributed by atoms with van der Waals surface area (Å²) in [5.41, 5.74) is 2.72. The molecule has 158 valence electrons. The van der Waals surface area contributed by atoms with E-state index in [1.165, 1.54) is 37.0 Å². The minimum atomic E-state index is -0.613. The Labute approximate surface area is 184 Å². The highest BCUT2D eigenvalue weighted by atomic mass is 79.9. The van der Waals surface area contributed by atoms with E-state index in [-0.39, 0.29) is 18.1 Å². The van der Waals surface area contributed by atoms with E-state index in [9.17, 15) is 14.4 Å². The van der Waals surface area contributed by atoms with Gasteiger partial charge in [-0.3, -0.25) is 9.59 Å². The van der Waals surface area contributed by atoms with Crippen molar-refractivity contribution in [1.29, 1.82) is 0 Å². The van der Waals surface area contributed by atoms with Gasteiger partial charge < -0.3 is 18.9 Å². The molecule has 3 aromatic rings. The fraction of sp³-hybridized carbons (Fsp3) is 0.0476. The number of hydrazone groups is 1. The second-order valence-corrected chi connectivity index (χ2v) is 6.82. The van der Waals surface area contributed by atoms with Crippen molar-refractivity contribution in [2.24, 2.45) is 5.10 Å². The summed E-state index contributed by atoms with van der Waals surface area (Å²) < 4.78 is 16.1. The number of hydrogen-bond acceptors (Lipinski definition) is 7. The largest absolute Gasteiger partial charge is 0.465 e. The van der Waals surface area contributed by atoms with E-state index in [1.807, 2.05) is 0 Å². The van der Waals surface area contributed by atoms with E-state index < -0.39 is 17.8 Å². The van der Waals surface area contributed by atoms with Crippen molar-refractivity contribution in [3.8, 4) is 5.75 Å². The van der Waals surface area contributed by atoms with Crippen LogP contribution in [0, 0.1) is 0 Å². The topological polar surface area (TPSA) is 123 Å². The Balaban J connectivity index is 1.55. The number of amides is 2. The maximum absolute atomic E-state index is 12.0. The standard InChI is InChI=1S/C21H16BrN3O6/c22-15-5-7-17(31-20(27)8-6-16-3-1-9-29-16)14(11-15)12-24-25-19(26)13-23-21(28)18-4-2-10-30-18/h1-12H,13H2,(H,23,28)(H,25,26). The third-order valence-electron chi connectivity index (χ3n) is 3.66. The van der Waals surface area contributed by atoms with E-state index in [1.54, 1.807) is 36.4 Å². The Morgan fingerprint density at radius 1 is 1.10 bits per heavy atom. The maximum Gasteiger partial charge on any atom is 0.336 e. The lowest BCUT2D eigenvalue weighted by atomic mass is 10.2. The number of benzene rings is 1. The first kappa shape index (κ1) is 21.8. The van der Waals surface area contributed by atoms with Gasteiger partial charge in [0.25, 0.3) is 11.8 Å². The predicted molar refractivity (Wildman–Crippen MR) is 114 cm³/mol. The monoisotopic (exact) mass is 485 g/mol. The molecule has 0 aliphatic rings. The first-order valence-electron chi connectivity index (χ1n) is 8.88. The van der Waals surface area contributed by atoms with Gasteiger partial charge in [-0.05, 0) is 48.5 Å². The molecule has 2 aromatic heterocycles. The number of hydrogen-bond donors (Lipinski definition) is 2. The van der Waals surface area contributed by atoms with E-state index in [2.05, 4.69) is 31.8 Å². The Morgan fingerprint density at radius 2 is 1.90 bits per heavy atom. The molecular formula is C21H16BrN3O6. The molecule has 0 spiro atoms. The fourth-order valence-corrected chi connectivity index (χ4v) is 2.64. The summed E-state index contributed by atoms with van der Waals surface area (Å²) >= 11 is 3.33. The summed E-state index contributed by atoms with van der Waals surface area (Å²) in [6.07, 6.45) is 6.87. The van der Waals surface area contributed by atoms with Gasteiger partial charge in [0, 0.05) is 16.1 Å². The second kappa shape index (κ2) is 10.7. The third kappa shape index (κ3) is 6.82. The molecule has 0 radical (unpaired) electrons. The number of nitrogens with one attached hydrogen (secondary N) is 2. The van der Waals surface area contributed by atoms with Crippen LogP contribution in [0.5, 0.6) is 5.75 Å². The van der Waals surface area contributed by atoms with Crippen molar-refractivity contribution >= 4 is 46.0 Å². The van der Waals surface area contributed by atoms with Crippen LogP contribution in [0.2, 0.25) is 0 Å². The molecule has 0 saturated carbocycles. The molecular weight excluding hydrogens is 470 g/mol. The number of rotatable bonds is 8. The quantitative estimate of drug-likeness (QED) is 0.166. The molecule has 2 N–H and O–H groups in total. The summed E-state index contributed by atoms with van der Waals surface area (Å²) in [7, 11) is 0. The number of esters is 1. The first-order valence-corrected chi connectivity index (χ1v) is 9.67. The van der Waals surface area contributed by atoms with Crippen molar-refractivity contribution in [3.63, 3.8) is 0 Å². The van der Waals surface area contributed by atoms with Crippen LogP contribution in [0.4, 0.5) is 0 Å². The molecule has 0 atom stereocenters. The minimum Gasteiger partial charge on any atom is -0.465 e. The van der Waals surface area contributed by atoms with Gasteiger partial charge in [-0.1, -0.05) is 15.9 Å². The van der Waals surface area contributed by atoms with E-state index in [0.29, 0.717) is 11.3 Å². The van der Waals surface area contributed by atoms with E-state index in [0.717, 1.165) is 4.47 Å². The average Bonchev–Trinajstić information content (AvgIpc) is 3.46. The van der Waals surface area contributed by atoms with Gasteiger partial charge in [0.2, 0.25) is 0 Å². The van der Waals surface area contributed by atoms with Crippen molar-refractivity contribution in [1.82, 2.24) is 10.7 Å². The van der Waals surface area contributed by atoms with Crippen LogP contribution in [0.15, 0.2) is 79.5 Å². The van der Waals surface area contributed by atoms with Gasteiger partial charge in [0.05, 0.1) is 25.3 Å². The first-order chi connectivity index (χ1) is 15.0. The zero-order valence-electron chi connectivity index (χ0n) is 15.9. The fourth-order valence-electron chi connectivity index (χ4n) is 2.26. The van der Waals surface area contributed by atoms with Crippen LogP contribution < -0.4 is 15.5 Å². The lowest BCUT2D eigenvalue weighted by molar-refractivity contribution is -0.129. The molecule has 9 nitrogen and oxygen atoms in total. The lowest BCUT2D eigenvalue weighted by Gasteiger charge is -2.06. The summed E-state index contributed by atoms with van der Waals surface area (Å²) in [5.74, 6) is -0.840. The summed E-state index contributed by atoms with van der Waals surface area (Å²) in [6.45, 7) is -0.297. The summed E-state index contributed by atoms with van der Waals surface area (Å²) in [6, 6.07) is 11.4. The third-order valence-corrected chi connectivity index (χ3v) is 4.15. The number of nitrogens with zero attached hydrogens (tertiary/aromatic N) is 1. The van der Waals surface area contributed by atoms with E-state index >= 15 is 0 Å². The zero-order valence-corrected chi connectivity index (χ0v) is 17.5. The SMILES string of the molecule is O=C(CNC(=O)c1ccco1)NN=Cc1cc(Br)ccc1OC(=O)C=Cc1ccco1. The highest BCUT2D eigenvalue weighted by Crippen LogP contribution is 2.22. The predicted octanol–water partition coefficient (Wildman–Crippen LogP) is 3.13. The Kier molecular flexibility index (Phi) is 7.55. The molecule has 0 aliphatic carbocycles. The zero-order chi connectivity index (χ0) is 22.1. The highest BCUT2D eigenvalue weighted by molar-refractivity contribution is 9.10. The molecule has 3 rings (SSSR count). The number of carbonyl (C=O) groups is 3. The number of carbonyl (C=O) groups excluding carboxylic acids is 3. The van der Waals surface area contributed by atoms with Gasteiger partial charge in [-0.15, -0.1) is 0 Å². The molecule has 1 aromatic carbocycles. The Morgan fingerprint density at radius 3 is 2.65 bits per heavy atom. The van der Waals surface area contributed by atoms with Crippen LogP contribution in [-0.2, 0) is 9.59 Å². The van der Waals surface area contributed by atoms with Crippen LogP contribution >= 0.6 is 15.9 Å².